The van der Waals surface area contributed by atoms with Gasteiger partial charge < -0.3 is 14.8 Å². The second kappa shape index (κ2) is 7.25. The van der Waals surface area contributed by atoms with E-state index in [9.17, 15) is 0 Å². The zero-order valence-corrected chi connectivity index (χ0v) is 11.6. The zero-order chi connectivity index (χ0) is 13.5. The first-order chi connectivity index (χ1) is 9.24. The minimum atomic E-state index is 0.121. The summed E-state index contributed by atoms with van der Waals surface area (Å²) < 4.78 is 10.9. The molecule has 1 aromatic rings. The van der Waals surface area contributed by atoms with Crippen molar-refractivity contribution in [3.63, 3.8) is 0 Å². The van der Waals surface area contributed by atoms with Crippen molar-refractivity contribution in [3.8, 4) is 5.88 Å². The van der Waals surface area contributed by atoms with Crippen LogP contribution in [0.2, 0.25) is 0 Å². The molecule has 0 spiro atoms. The molecule has 0 amide bonds. The van der Waals surface area contributed by atoms with E-state index in [1.165, 1.54) is 6.33 Å². The molecule has 1 N–H and O–H groups in total. The molecule has 0 unspecified atom stereocenters. The summed E-state index contributed by atoms with van der Waals surface area (Å²) in [4.78, 5) is 10.6. The van der Waals surface area contributed by atoms with Crippen LogP contribution >= 0.6 is 0 Å². The van der Waals surface area contributed by atoms with E-state index in [4.69, 9.17) is 9.47 Å². The van der Waals surface area contributed by atoms with E-state index < -0.39 is 0 Å². The molecule has 2 heterocycles. The van der Waals surface area contributed by atoms with Crippen molar-refractivity contribution in [2.75, 3.05) is 44.7 Å². The molecule has 1 fully saturated rings. The number of nitrogens with one attached hydrogen (secondary N) is 1. The summed E-state index contributed by atoms with van der Waals surface area (Å²) in [7, 11) is 0. The summed E-state index contributed by atoms with van der Waals surface area (Å²) in [5.41, 5.74) is 0. The molecule has 1 saturated heterocycles. The molecule has 0 bridgehead atoms. The van der Waals surface area contributed by atoms with Crippen LogP contribution in [0.3, 0.4) is 0 Å². The van der Waals surface area contributed by atoms with Gasteiger partial charge in [-0.15, -0.1) is 0 Å². The minimum Gasteiger partial charge on any atom is -0.475 e. The van der Waals surface area contributed by atoms with Gasteiger partial charge in [0.25, 0.3) is 0 Å². The zero-order valence-electron chi connectivity index (χ0n) is 11.6. The molecule has 1 aliphatic rings. The fourth-order valence-corrected chi connectivity index (χ4v) is 1.91. The van der Waals surface area contributed by atoms with Crippen molar-refractivity contribution in [3.05, 3.63) is 12.4 Å². The molecule has 6 nitrogen and oxygen atoms in total. The van der Waals surface area contributed by atoms with Crippen molar-refractivity contribution < 1.29 is 9.47 Å². The van der Waals surface area contributed by atoms with Crippen molar-refractivity contribution >= 4 is 5.82 Å². The van der Waals surface area contributed by atoms with E-state index in [1.807, 2.05) is 19.9 Å². The van der Waals surface area contributed by atoms with Crippen molar-refractivity contribution in [1.29, 1.82) is 0 Å². The number of anilines is 1. The third-order valence-electron chi connectivity index (χ3n) is 2.84. The maximum Gasteiger partial charge on any atom is 0.218 e. The second-order valence-corrected chi connectivity index (χ2v) is 4.79. The Morgan fingerprint density at radius 2 is 2.16 bits per heavy atom. The van der Waals surface area contributed by atoms with E-state index in [2.05, 4.69) is 20.2 Å². The minimum absolute atomic E-state index is 0.121. The standard InChI is InChI=1S/C13H22N4O2/c1-11(2)19-13-9-12(15-10-16-13)14-3-4-17-5-7-18-8-6-17/h9-11H,3-8H2,1-2H3,(H,14,15,16). The average Bonchev–Trinajstić information content (AvgIpc) is 2.40. The first-order valence-corrected chi connectivity index (χ1v) is 6.77. The number of rotatable bonds is 6. The molecule has 0 aliphatic carbocycles. The molecule has 19 heavy (non-hydrogen) atoms. The van der Waals surface area contributed by atoms with Gasteiger partial charge in [-0.3, -0.25) is 4.90 Å². The van der Waals surface area contributed by atoms with Crippen LogP contribution in [-0.4, -0.2) is 60.4 Å². The lowest BCUT2D eigenvalue weighted by molar-refractivity contribution is 0.0398. The van der Waals surface area contributed by atoms with Gasteiger partial charge in [-0.1, -0.05) is 0 Å². The van der Waals surface area contributed by atoms with Crippen LogP contribution in [0.15, 0.2) is 12.4 Å². The Labute approximate surface area is 114 Å². The van der Waals surface area contributed by atoms with Crippen LogP contribution in [0.5, 0.6) is 5.88 Å². The molecular formula is C13H22N4O2. The Hall–Kier alpha value is -1.40. The van der Waals surface area contributed by atoms with Gasteiger partial charge in [0.1, 0.15) is 12.1 Å². The number of hydrogen-bond acceptors (Lipinski definition) is 6. The summed E-state index contributed by atoms with van der Waals surface area (Å²) in [5.74, 6) is 1.41. The molecule has 2 rings (SSSR count). The lowest BCUT2D eigenvalue weighted by Crippen LogP contribution is -2.39. The largest absolute Gasteiger partial charge is 0.475 e. The summed E-state index contributed by atoms with van der Waals surface area (Å²) in [6, 6.07) is 1.83. The van der Waals surface area contributed by atoms with Gasteiger partial charge in [0, 0.05) is 32.2 Å². The lowest BCUT2D eigenvalue weighted by atomic mass is 10.4. The monoisotopic (exact) mass is 266 g/mol. The molecule has 106 valence electrons. The highest BCUT2D eigenvalue weighted by Gasteiger charge is 2.09. The van der Waals surface area contributed by atoms with Crippen LogP contribution < -0.4 is 10.1 Å². The Morgan fingerprint density at radius 3 is 2.89 bits per heavy atom. The predicted molar refractivity (Wildman–Crippen MR) is 73.5 cm³/mol. The van der Waals surface area contributed by atoms with E-state index in [0.29, 0.717) is 5.88 Å². The smallest absolute Gasteiger partial charge is 0.218 e. The SMILES string of the molecule is CC(C)Oc1cc(NCCN2CCOCC2)ncn1. The molecule has 0 radical (unpaired) electrons. The normalized spacial score (nSPS) is 16.6. The number of hydrogen-bond donors (Lipinski definition) is 1. The van der Waals surface area contributed by atoms with Crippen LogP contribution in [-0.2, 0) is 4.74 Å². The third kappa shape index (κ3) is 5.00. The second-order valence-electron chi connectivity index (χ2n) is 4.79. The van der Waals surface area contributed by atoms with Crippen LogP contribution in [0, 0.1) is 0 Å². The van der Waals surface area contributed by atoms with E-state index in [1.54, 1.807) is 0 Å². The molecule has 6 heteroatoms. The third-order valence-corrected chi connectivity index (χ3v) is 2.84. The average molecular weight is 266 g/mol. The highest BCUT2D eigenvalue weighted by molar-refractivity contribution is 5.36. The van der Waals surface area contributed by atoms with Crippen molar-refractivity contribution in [2.24, 2.45) is 0 Å². The van der Waals surface area contributed by atoms with Gasteiger partial charge >= 0.3 is 0 Å². The maximum absolute atomic E-state index is 5.53. The molecular weight excluding hydrogens is 244 g/mol. The highest BCUT2D eigenvalue weighted by atomic mass is 16.5. The van der Waals surface area contributed by atoms with Crippen LogP contribution in [0.4, 0.5) is 5.82 Å². The van der Waals surface area contributed by atoms with E-state index in [-0.39, 0.29) is 6.10 Å². The molecule has 0 aromatic carbocycles. The Balaban J connectivity index is 1.75. The summed E-state index contributed by atoms with van der Waals surface area (Å²) in [6.07, 6.45) is 1.64. The number of ether oxygens (including phenoxy) is 2. The first-order valence-electron chi connectivity index (χ1n) is 6.77. The van der Waals surface area contributed by atoms with Gasteiger partial charge in [-0.25, -0.2) is 9.97 Å². The highest BCUT2D eigenvalue weighted by Crippen LogP contribution is 2.12. The van der Waals surface area contributed by atoms with Gasteiger partial charge in [0.15, 0.2) is 0 Å². The Bertz CT molecular complexity index is 381. The predicted octanol–water partition coefficient (Wildman–Crippen LogP) is 1.01. The number of morpholine rings is 1. The molecule has 0 saturated carbocycles. The summed E-state index contributed by atoms with van der Waals surface area (Å²) in [5, 5.41) is 3.29. The first kappa shape index (κ1) is 14.0. The van der Waals surface area contributed by atoms with E-state index in [0.717, 1.165) is 45.2 Å². The van der Waals surface area contributed by atoms with Crippen molar-refractivity contribution in [2.45, 2.75) is 20.0 Å². The molecule has 1 aromatic heterocycles. The lowest BCUT2D eigenvalue weighted by Gasteiger charge is -2.26. The fourth-order valence-electron chi connectivity index (χ4n) is 1.91. The topological polar surface area (TPSA) is 59.5 Å². The van der Waals surface area contributed by atoms with Gasteiger partial charge in [-0.2, -0.15) is 0 Å². The quantitative estimate of drug-likeness (QED) is 0.829. The van der Waals surface area contributed by atoms with E-state index >= 15 is 0 Å². The van der Waals surface area contributed by atoms with Crippen LogP contribution in [0.1, 0.15) is 13.8 Å². The van der Waals surface area contributed by atoms with Gasteiger partial charge in [-0.05, 0) is 13.8 Å². The van der Waals surface area contributed by atoms with Gasteiger partial charge in [0.2, 0.25) is 5.88 Å². The number of nitrogens with zero attached hydrogens (tertiary/aromatic N) is 3. The van der Waals surface area contributed by atoms with Crippen LogP contribution in [0.25, 0.3) is 0 Å². The Kier molecular flexibility index (Phi) is 5.35. The van der Waals surface area contributed by atoms with Crippen molar-refractivity contribution in [1.82, 2.24) is 14.9 Å². The maximum atomic E-state index is 5.53. The summed E-state index contributed by atoms with van der Waals surface area (Å²) >= 11 is 0. The molecule has 0 atom stereocenters. The fraction of sp³-hybridized carbons (Fsp3) is 0.692. The molecule has 1 aliphatic heterocycles. The number of aromatic nitrogens is 2. The summed E-state index contributed by atoms with van der Waals surface area (Å²) in [6.45, 7) is 9.49. The van der Waals surface area contributed by atoms with Gasteiger partial charge in [0.05, 0.1) is 19.3 Å². The Morgan fingerprint density at radius 1 is 1.37 bits per heavy atom.